The second-order valence-corrected chi connectivity index (χ2v) is 9.34. The van der Waals surface area contributed by atoms with E-state index in [1.165, 1.54) is 44.1 Å². The summed E-state index contributed by atoms with van der Waals surface area (Å²) >= 11 is 0. The standard InChI is InChI=1S/C21H31NO/c1-4-23-18-7-5-6-16(8-18)12-22-21-11-17-9-19(2,14-21)13-20(3,10-17)15-21/h5-8,17,22H,4,9-15H2,1-3H3/t17?,19-,20+,21?. The largest absolute Gasteiger partial charge is 0.494 e. The van der Waals surface area contributed by atoms with Gasteiger partial charge < -0.3 is 10.1 Å². The van der Waals surface area contributed by atoms with Gasteiger partial charge in [0.25, 0.3) is 0 Å². The Kier molecular flexibility index (Phi) is 3.53. The molecule has 4 bridgehead atoms. The Bertz CT molecular complexity index is 577. The van der Waals surface area contributed by atoms with Crippen molar-refractivity contribution < 1.29 is 4.74 Å². The number of hydrogen-bond donors (Lipinski definition) is 1. The first-order valence-electron chi connectivity index (χ1n) is 9.39. The Hall–Kier alpha value is -1.02. The summed E-state index contributed by atoms with van der Waals surface area (Å²) in [5, 5.41) is 4.01. The Balaban J connectivity index is 1.49. The lowest BCUT2D eigenvalue weighted by Crippen LogP contribution is -2.63. The van der Waals surface area contributed by atoms with E-state index in [1.807, 2.05) is 6.92 Å². The summed E-state index contributed by atoms with van der Waals surface area (Å²) in [5.41, 5.74) is 2.88. The lowest BCUT2D eigenvalue weighted by Gasteiger charge is -2.65. The molecule has 0 heterocycles. The van der Waals surface area contributed by atoms with Crippen molar-refractivity contribution in [1.29, 1.82) is 0 Å². The van der Waals surface area contributed by atoms with Crippen LogP contribution in [0.2, 0.25) is 0 Å². The summed E-state index contributed by atoms with van der Waals surface area (Å²) in [6.07, 6.45) is 8.51. The highest BCUT2D eigenvalue weighted by Gasteiger charge is 2.59. The van der Waals surface area contributed by atoms with E-state index in [2.05, 4.69) is 43.4 Å². The van der Waals surface area contributed by atoms with E-state index in [9.17, 15) is 0 Å². The Morgan fingerprint density at radius 1 is 1.09 bits per heavy atom. The molecular weight excluding hydrogens is 282 g/mol. The summed E-state index contributed by atoms with van der Waals surface area (Å²) in [5.74, 6) is 1.94. The molecule has 1 aromatic rings. The molecular formula is C21H31NO. The first-order valence-corrected chi connectivity index (χ1v) is 9.39. The van der Waals surface area contributed by atoms with Gasteiger partial charge in [-0.3, -0.25) is 0 Å². The molecule has 4 fully saturated rings. The van der Waals surface area contributed by atoms with Crippen LogP contribution in [0.3, 0.4) is 0 Å². The van der Waals surface area contributed by atoms with Crippen molar-refractivity contribution in [3.63, 3.8) is 0 Å². The van der Waals surface area contributed by atoms with Crippen molar-refractivity contribution >= 4 is 0 Å². The molecule has 126 valence electrons. The zero-order valence-corrected chi connectivity index (χ0v) is 15.0. The molecule has 5 rings (SSSR count). The van der Waals surface area contributed by atoms with Crippen LogP contribution in [-0.4, -0.2) is 12.1 Å². The van der Waals surface area contributed by atoms with Crippen LogP contribution in [0.5, 0.6) is 5.75 Å². The number of rotatable bonds is 5. The highest BCUT2D eigenvalue weighted by atomic mass is 16.5. The lowest BCUT2D eigenvalue weighted by atomic mass is 9.43. The van der Waals surface area contributed by atoms with E-state index in [0.29, 0.717) is 16.4 Å². The first-order chi connectivity index (χ1) is 10.9. The van der Waals surface area contributed by atoms with Gasteiger partial charge >= 0.3 is 0 Å². The van der Waals surface area contributed by atoms with Gasteiger partial charge in [0.15, 0.2) is 0 Å². The highest BCUT2D eigenvalue weighted by Crippen LogP contribution is 2.66. The maximum atomic E-state index is 5.65. The molecule has 2 heteroatoms. The van der Waals surface area contributed by atoms with Gasteiger partial charge in [-0.25, -0.2) is 0 Å². The van der Waals surface area contributed by atoms with E-state index in [1.54, 1.807) is 0 Å². The van der Waals surface area contributed by atoms with Crippen molar-refractivity contribution in [2.75, 3.05) is 6.61 Å². The molecule has 0 aromatic heterocycles. The van der Waals surface area contributed by atoms with E-state index in [-0.39, 0.29) is 0 Å². The van der Waals surface area contributed by atoms with Gasteiger partial charge in [0.05, 0.1) is 6.61 Å². The van der Waals surface area contributed by atoms with Crippen molar-refractivity contribution in [1.82, 2.24) is 5.32 Å². The highest BCUT2D eigenvalue weighted by molar-refractivity contribution is 5.29. The molecule has 1 aromatic carbocycles. The predicted molar refractivity (Wildman–Crippen MR) is 94.6 cm³/mol. The molecule has 0 saturated heterocycles. The Morgan fingerprint density at radius 2 is 1.83 bits per heavy atom. The quantitative estimate of drug-likeness (QED) is 0.832. The monoisotopic (exact) mass is 313 g/mol. The number of ether oxygens (including phenoxy) is 1. The zero-order valence-electron chi connectivity index (χ0n) is 15.0. The third kappa shape index (κ3) is 2.91. The van der Waals surface area contributed by atoms with Gasteiger partial charge in [0.2, 0.25) is 0 Å². The Morgan fingerprint density at radius 3 is 2.48 bits per heavy atom. The van der Waals surface area contributed by atoms with Crippen LogP contribution in [0.1, 0.15) is 64.9 Å². The normalized spacial score (nSPS) is 41.3. The number of hydrogen-bond acceptors (Lipinski definition) is 2. The molecule has 4 aliphatic rings. The molecule has 1 N–H and O–H groups in total. The molecule has 0 radical (unpaired) electrons. The van der Waals surface area contributed by atoms with E-state index in [0.717, 1.165) is 24.8 Å². The SMILES string of the molecule is CCOc1cccc(CNC23CC4C[C@@](C)(C2)C[C@](C)(C4)C3)c1. The summed E-state index contributed by atoms with van der Waals surface area (Å²) < 4.78 is 5.65. The van der Waals surface area contributed by atoms with Crippen LogP contribution in [0, 0.1) is 16.7 Å². The molecule has 0 spiro atoms. The topological polar surface area (TPSA) is 21.3 Å². The van der Waals surface area contributed by atoms with Gasteiger partial charge in [-0.15, -0.1) is 0 Å². The second kappa shape index (κ2) is 5.24. The fourth-order valence-electron chi connectivity index (χ4n) is 6.85. The number of nitrogens with one attached hydrogen (secondary N) is 1. The molecule has 2 unspecified atom stereocenters. The van der Waals surface area contributed by atoms with Gasteiger partial charge in [0, 0.05) is 12.1 Å². The van der Waals surface area contributed by atoms with Gasteiger partial charge in [-0.2, -0.15) is 0 Å². The summed E-state index contributed by atoms with van der Waals surface area (Å²) in [6, 6.07) is 8.59. The third-order valence-corrected chi connectivity index (χ3v) is 6.50. The van der Waals surface area contributed by atoms with Crippen LogP contribution >= 0.6 is 0 Å². The minimum absolute atomic E-state index is 0.379. The first kappa shape index (κ1) is 15.5. The molecule has 2 nitrogen and oxygen atoms in total. The summed E-state index contributed by atoms with van der Waals surface area (Å²) in [6.45, 7) is 8.84. The predicted octanol–water partition coefficient (Wildman–Crippen LogP) is 4.92. The van der Waals surface area contributed by atoms with Gasteiger partial charge in [0.1, 0.15) is 5.75 Å². The molecule has 4 aliphatic carbocycles. The maximum absolute atomic E-state index is 5.65. The fraction of sp³-hybridized carbons (Fsp3) is 0.714. The fourth-order valence-corrected chi connectivity index (χ4v) is 6.85. The number of benzene rings is 1. The maximum Gasteiger partial charge on any atom is 0.119 e. The van der Waals surface area contributed by atoms with Crippen molar-refractivity contribution in [3.05, 3.63) is 29.8 Å². The molecule has 4 saturated carbocycles. The second-order valence-electron chi connectivity index (χ2n) is 9.34. The average molecular weight is 313 g/mol. The average Bonchev–Trinajstić information content (AvgIpc) is 2.42. The van der Waals surface area contributed by atoms with E-state index < -0.39 is 0 Å². The summed E-state index contributed by atoms with van der Waals surface area (Å²) in [4.78, 5) is 0. The van der Waals surface area contributed by atoms with Crippen LogP contribution in [-0.2, 0) is 6.54 Å². The lowest BCUT2D eigenvalue weighted by molar-refractivity contribution is -0.118. The molecule has 4 atom stereocenters. The third-order valence-electron chi connectivity index (χ3n) is 6.50. The van der Waals surface area contributed by atoms with Crippen LogP contribution < -0.4 is 10.1 Å². The zero-order chi connectivity index (χ0) is 16.1. The molecule has 0 amide bonds. The summed E-state index contributed by atoms with van der Waals surface area (Å²) in [7, 11) is 0. The van der Waals surface area contributed by atoms with Crippen LogP contribution in [0.25, 0.3) is 0 Å². The van der Waals surface area contributed by atoms with E-state index in [4.69, 9.17) is 4.74 Å². The van der Waals surface area contributed by atoms with Crippen LogP contribution in [0.4, 0.5) is 0 Å². The molecule has 0 aliphatic heterocycles. The van der Waals surface area contributed by atoms with Crippen LogP contribution in [0.15, 0.2) is 24.3 Å². The van der Waals surface area contributed by atoms with Gasteiger partial charge in [-0.05, 0) is 79.9 Å². The van der Waals surface area contributed by atoms with E-state index >= 15 is 0 Å². The minimum atomic E-state index is 0.379. The van der Waals surface area contributed by atoms with Crippen molar-refractivity contribution in [3.8, 4) is 5.75 Å². The van der Waals surface area contributed by atoms with Gasteiger partial charge in [-0.1, -0.05) is 26.0 Å². The molecule has 23 heavy (non-hydrogen) atoms. The smallest absolute Gasteiger partial charge is 0.119 e. The van der Waals surface area contributed by atoms with Crippen molar-refractivity contribution in [2.45, 2.75) is 71.4 Å². The Labute approximate surface area is 141 Å². The van der Waals surface area contributed by atoms with Crippen molar-refractivity contribution in [2.24, 2.45) is 16.7 Å². The minimum Gasteiger partial charge on any atom is -0.494 e.